The fourth-order valence-corrected chi connectivity index (χ4v) is 1.27. The number of rotatable bonds is 4. The molecule has 5 heteroatoms. The van der Waals surface area contributed by atoms with Gasteiger partial charge in [0.05, 0.1) is 5.82 Å². The van der Waals surface area contributed by atoms with E-state index >= 15 is 0 Å². The summed E-state index contributed by atoms with van der Waals surface area (Å²) in [6.07, 6.45) is 0. The van der Waals surface area contributed by atoms with Gasteiger partial charge in [-0.1, -0.05) is 35.8 Å². The lowest BCUT2D eigenvalue weighted by molar-refractivity contribution is 0.740. The molecule has 0 bridgehead atoms. The van der Waals surface area contributed by atoms with Gasteiger partial charge in [-0.05, 0) is 6.07 Å². The van der Waals surface area contributed by atoms with Crippen molar-refractivity contribution in [3.63, 3.8) is 0 Å². The molecule has 0 saturated heterocycles. The highest BCUT2D eigenvalue weighted by Crippen LogP contribution is 2.16. The van der Waals surface area contributed by atoms with E-state index in [9.17, 15) is 0 Å². The lowest BCUT2D eigenvalue weighted by Gasteiger charge is -2.09. The van der Waals surface area contributed by atoms with Gasteiger partial charge in [-0.3, -0.25) is 0 Å². The van der Waals surface area contributed by atoms with Crippen molar-refractivity contribution < 1.29 is 0 Å². The van der Waals surface area contributed by atoms with E-state index in [-0.39, 0.29) is 0 Å². The molecule has 1 heterocycles. The molecule has 0 fully saturated rings. The fourth-order valence-electron chi connectivity index (χ4n) is 0.863. The van der Waals surface area contributed by atoms with Crippen molar-refractivity contribution in [2.45, 2.75) is 6.54 Å². The Morgan fingerprint density at radius 3 is 2.79 bits per heavy atom. The Hall–Kier alpha value is -0.930. The minimum Gasteiger partial charge on any atom is -0.375 e. The van der Waals surface area contributed by atoms with Crippen LogP contribution in [0.25, 0.3) is 0 Å². The second-order valence-corrected chi connectivity index (χ2v) is 3.41. The molecular formula is C9H11Cl2N3. The van der Waals surface area contributed by atoms with Crippen LogP contribution in [-0.4, -0.2) is 12.0 Å². The van der Waals surface area contributed by atoms with Crippen molar-refractivity contribution in [1.29, 1.82) is 0 Å². The van der Waals surface area contributed by atoms with E-state index in [2.05, 4.69) is 22.2 Å². The van der Waals surface area contributed by atoms with E-state index in [0.717, 1.165) is 11.4 Å². The maximum Gasteiger partial charge on any atom is 0.135 e. The Bertz CT molecular complexity index is 339. The topological polar surface area (TPSA) is 37.0 Å². The molecule has 0 saturated carbocycles. The highest BCUT2D eigenvalue weighted by atomic mass is 35.5. The standard InChI is InChI=1S/C9H11Cl2N3/c1-6(12-2)13-5-7-3-4-8(10)14-9(7)11/h3-4,12-13H,1,5H2,2H3. The number of aromatic nitrogens is 1. The summed E-state index contributed by atoms with van der Waals surface area (Å²) in [4.78, 5) is 3.92. The summed E-state index contributed by atoms with van der Waals surface area (Å²) in [5.74, 6) is 0.732. The van der Waals surface area contributed by atoms with Gasteiger partial charge >= 0.3 is 0 Å². The summed E-state index contributed by atoms with van der Waals surface area (Å²) < 4.78 is 0. The molecule has 2 N–H and O–H groups in total. The molecule has 1 aromatic heterocycles. The quantitative estimate of drug-likeness (QED) is 0.781. The monoisotopic (exact) mass is 231 g/mol. The molecule has 1 rings (SSSR count). The van der Waals surface area contributed by atoms with Crippen molar-refractivity contribution in [2.24, 2.45) is 0 Å². The van der Waals surface area contributed by atoms with E-state index < -0.39 is 0 Å². The zero-order valence-electron chi connectivity index (χ0n) is 7.77. The van der Waals surface area contributed by atoms with Crippen LogP contribution < -0.4 is 10.6 Å². The molecule has 0 atom stereocenters. The van der Waals surface area contributed by atoms with Gasteiger partial charge in [-0.2, -0.15) is 0 Å². The number of nitrogens with zero attached hydrogens (tertiary/aromatic N) is 1. The van der Waals surface area contributed by atoms with Crippen LogP contribution in [0.5, 0.6) is 0 Å². The van der Waals surface area contributed by atoms with Crippen LogP contribution in [0, 0.1) is 0 Å². The van der Waals surface area contributed by atoms with Gasteiger partial charge in [0, 0.05) is 19.2 Å². The Labute approximate surface area is 93.1 Å². The molecule has 0 spiro atoms. The molecule has 0 amide bonds. The zero-order chi connectivity index (χ0) is 10.6. The maximum atomic E-state index is 5.87. The molecule has 3 nitrogen and oxygen atoms in total. The summed E-state index contributed by atoms with van der Waals surface area (Å²) in [6.45, 7) is 4.30. The van der Waals surface area contributed by atoms with Gasteiger partial charge in [-0.15, -0.1) is 0 Å². The normalized spacial score (nSPS) is 9.64. The Balaban J connectivity index is 2.63. The maximum absolute atomic E-state index is 5.87. The first-order chi connectivity index (χ1) is 6.63. The van der Waals surface area contributed by atoms with Crippen LogP contribution in [0.1, 0.15) is 5.56 Å². The molecule has 0 aliphatic rings. The first-order valence-corrected chi connectivity index (χ1v) is 4.80. The molecule has 0 aromatic carbocycles. The number of halogens is 2. The minimum atomic E-state index is 0.395. The van der Waals surface area contributed by atoms with Crippen molar-refractivity contribution in [2.75, 3.05) is 7.05 Å². The van der Waals surface area contributed by atoms with Gasteiger partial charge in [0.1, 0.15) is 10.3 Å². The van der Waals surface area contributed by atoms with Crippen LogP contribution in [0.15, 0.2) is 24.5 Å². The highest BCUT2D eigenvalue weighted by Gasteiger charge is 2.02. The van der Waals surface area contributed by atoms with Crippen molar-refractivity contribution in [1.82, 2.24) is 15.6 Å². The van der Waals surface area contributed by atoms with Crippen molar-refractivity contribution >= 4 is 23.2 Å². The number of hydrogen-bond donors (Lipinski definition) is 2. The summed E-state index contributed by atoms with van der Waals surface area (Å²) in [6, 6.07) is 3.53. The summed E-state index contributed by atoms with van der Waals surface area (Å²) >= 11 is 11.5. The molecule has 76 valence electrons. The van der Waals surface area contributed by atoms with Gasteiger partial charge in [-0.25, -0.2) is 4.98 Å². The molecule has 14 heavy (non-hydrogen) atoms. The first kappa shape index (κ1) is 11.1. The van der Waals surface area contributed by atoms with Crippen LogP contribution >= 0.6 is 23.2 Å². The summed E-state index contributed by atoms with van der Waals surface area (Å²) in [5, 5.41) is 6.71. The van der Waals surface area contributed by atoms with Crippen LogP contribution in [0.3, 0.4) is 0 Å². The number of nitrogens with one attached hydrogen (secondary N) is 2. The highest BCUT2D eigenvalue weighted by molar-refractivity contribution is 6.32. The minimum absolute atomic E-state index is 0.395. The van der Waals surface area contributed by atoms with Gasteiger partial charge < -0.3 is 10.6 Å². The van der Waals surface area contributed by atoms with Gasteiger partial charge in [0.15, 0.2) is 0 Å². The summed E-state index contributed by atoms with van der Waals surface area (Å²) in [5.41, 5.74) is 0.882. The molecule has 0 unspecified atom stereocenters. The average Bonchev–Trinajstić information content (AvgIpc) is 2.16. The Morgan fingerprint density at radius 1 is 1.50 bits per heavy atom. The third-order valence-electron chi connectivity index (χ3n) is 1.69. The second-order valence-electron chi connectivity index (χ2n) is 2.67. The van der Waals surface area contributed by atoms with Crippen molar-refractivity contribution in [3.05, 3.63) is 40.4 Å². The first-order valence-electron chi connectivity index (χ1n) is 4.05. The lowest BCUT2D eigenvalue weighted by atomic mass is 10.3. The SMILES string of the molecule is C=C(NC)NCc1ccc(Cl)nc1Cl. The van der Waals surface area contributed by atoms with E-state index in [1.165, 1.54) is 0 Å². The fraction of sp³-hybridized carbons (Fsp3) is 0.222. The average molecular weight is 232 g/mol. The molecule has 0 aliphatic carbocycles. The molecular weight excluding hydrogens is 221 g/mol. The van der Waals surface area contributed by atoms with Gasteiger partial charge in [0.2, 0.25) is 0 Å². The molecule has 0 aliphatic heterocycles. The largest absolute Gasteiger partial charge is 0.375 e. The van der Waals surface area contributed by atoms with Crippen LogP contribution in [0.2, 0.25) is 10.3 Å². The number of hydrogen-bond acceptors (Lipinski definition) is 3. The smallest absolute Gasteiger partial charge is 0.135 e. The molecule has 0 radical (unpaired) electrons. The van der Waals surface area contributed by atoms with E-state index in [1.54, 1.807) is 13.1 Å². The second kappa shape index (κ2) is 5.08. The third kappa shape index (κ3) is 3.09. The van der Waals surface area contributed by atoms with E-state index in [0.29, 0.717) is 16.9 Å². The number of pyridine rings is 1. The summed E-state index contributed by atoms with van der Waals surface area (Å²) in [7, 11) is 1.79. The van der Waals surface area contributed by atoms with Gasteiger partial charge in [0.25, 0.3) is 0 Å². The lowest BCUT2D eigenvalue weighted by Crippen LogP contribution is -2.21. The Kier molecular flexibility index (Phi) is 4.04. The molecule has 1 aromatic rings. The van der Waals surface area contributed by atoms with E-state index in [4.69, 9.17) is 23.2 Å². The predicted molar refractivity (Wildman–Crippen MR) is 59.3 cm³/mol. The van der Waals surface area contributed by atoms with Crippen molar-refractivity contribution in [3.8, 4) is 0 Å². The predicted octanol–water partition coefficient (Wildman–Crippen LogP) is 2.17. The van der Waals surface area contributed by atoms with Crippen LogP contribution in [-0.2, 0) is 6.54 Å². The zero-order valence-corrected chi connectivity index (χ0v) is 9.28. The Morgan fingerprint density at radius 2 is 2.21 bits per heavy atom. The third-order valence-corrected chi connectivity index (χ3v) is 2.22. The van der Waals surface area contributed by atoms with E-state index in [1.807, 2.05) is 6.07 Å². The van der Waals surface area contributed by atoms with Crippen LogP contribution in [0.4, 0.5) is 0 Å².